The third-order valence-corrected chi connectivity index (χ3v) is 5.53. The van der Waals surface area contributed by atoms with E-state index in [0.717, 1.165) is 0 Å². The van der Waals surface area contributed by atoms with Gasteiger partial charge in [0.05, 0.1) is 9.82 Å². The molecule has 0 atom stereocenters. The van der Waals surface area contributed by atoms with E-state index in [2.05, 4.69) is 5.32 Å². The lowest BCUT2D eigenvalue weighted by molar-refractivity contribution is -0.385. The largest absolute Gasteiger partial charge is 0.314 e. The van der Waals surface area contributed by atoms with Crippen molar-refractivity contribution in [3.63, 3.8) is 0 Å². The number of nitro groups is 1. The van der Waals surface area contributed by atoms with Crippen LogP contribution in [0, 0.1) is 24.0 Å². The van der Waals surface area contributed by atoms with Crippen molar-refractivity contribution < 1.29 is 13.3 Å². The molecular formula is C12H17N3O4S. The molecule has 20 heavy (non-hydrogen) atoms. The van der Waals surface area contributed by atoms with E-state index in [1.807, 2.05) is 0 Å². The number of piperazine rings is 1. The molecule has 110 valence electrons. The number of non-ortho nitro benzene ring substituents is 1. The molecule has 7 nitrogen and oxygen atoms in total. The maximum atomic E-state index is 12.6. The Balaban J connectivity index is 2.49. The highest BCUT2D eigenvalue weighted by atomic mass is 32.2. The van der Waals surface area contributed by atoms with Crippen molar-refractivity contribution in [1.29, 1.82) is 0 Å². The van der Waals surface area contributed by atoms with E-state index in [-0.39, 0.29) is 10.6 Å². The zero-order valence-corrected chi connectivity index (χ0v) is 12.2. The summed E-state index contributed by atoms with van der Waals surface area (Å²) in [5.74, 6) is 0. The van der Waals surface area contributed by atoms with Crippen LogP contribution in [0.5, 0.6) is 0 Å². The van der Waals surface area contributed by atoms with Crippen molar-refractivity contribution >= 4 is 15.7 Å². The summed E-state index contributed by atoms with van der Waals surface area (Å²) in [5, 5.41) is 13.9. The van der Waals surface area contributed by atoms with Crippen LogP contribution in [0.4, 0.5) is 5.69 Å². The molecule has 0 aromatic heterocycles. The summed E-state index contributed by atoms with van der Waals surface area (Å²) in [6.45, 7) is 5.25. The fraction of sp³-hybridized carbons (Fsp3) is 0.500. The average molecular weight is 299 g/mol. The molecule has 2 rings (SSSR count). The minimum atomic E-state index is -3.60. The van der Waals surface area contributed by atoms with Gasteiger partial charge in [0.1, 0.15) is 0 Å². The first-order chi connectivity index (χ1) is 9.34. The van der Waals surface area contributed by atoms with Crippen molar-refractivity contribution in [3.8, 4) is 0 Å². The van der Waals surface area contributed by atoms with Gasteiger partial charge < -0.3 is 5.32 Å². The molecule has 1 fully saturated rings. The highest BCUT2D eigenvalue weighted by Gasteiger charge is 2.29. The summed E-state index contributed by atoms with van der Waals surface area (Å²) >= 11 is 0. The van der Waals surface area contributed by atoms with Gasteiger partial charge in [-0.3, -0.25) is 10.1 Å². The molecule has 8 heteroatoms. The lowest BCUT2D eigenvalue weighted by Gasteiger charge is -2.27. The molecule has 0 amide bonds. The Labute approximate surface area is 117 Å². The van der Waals surface area contributed by atoms with E-state index in [0.29, 0.717) is 37.3 Å². The third kappa shape index (κ3) is 2.67. The molecule has 1 heterocycles. The van der Waals surface area contributed by atoms with Crippen molar-refractivity contribution in [3.05, 3.63) is 33.4 Å². The van der Waals surface area contributed by atoms with Crippen molar-refractivity contribution in [2.75, 3.05) is 26.2 Å². The predicted molar refractivity (Wildman–Crippen MR) is 74.2 cm³/mol. The Morgan fingerprint density at radius 2 is 1.70 bits per heavy atom. The number of nitrogens with one attached hydrogen (secondary N) is 1. The highest BCUT2D eigenvalue weighted by Crippen LogP contribution is 2.28. The fourth-order valence-corrected chi connectivity index (χ4v) is 4.31. The van der Waals surface area contributed by atoms with E-state index < -0.39 is 14.9 Å². The second-order valence-electron chi connectivity index (χ2n) is 4.82. The fourth-order valence-electron chi connectivity index (χ4n) is 2.45. The maximum Gasteiger partial charge on any atom is 0.270 e. The van der Waals surface area contributed by atoms with Gasteiger partial charge in [0.2, 0.25) is 10.0 Å². The van der Waals surface area contributed by atoms with Gasteiger partial charge in [-0.1, -0.05) is 0 Å². The Morgan fingerprint density at radius 1 is 1.20 bits per heavy atom. The van der Waals surface area contributed by atoms with Gasteiger partial charge in [-0.15, -0.1) is 0 Å². The number of aryl methyl sites for hydroxylation is 2. The molecule has 0 unspecified atom stereocenters. The molecule has 0 spiro atoms. The van der Waals surface area contributed by atoms with Crippen LogP contribution >= 0.6 is 0 Å². The van der Waals surface area contributed by atoms with Crippen LogP contribution in [0.3, 0.4) is 0 Å². The number of nitrogens with zero attached hydrogens (tertiary/aromatic N) is 2. The van der Waals surface area contributed by atoms with Gasteiger partial charge in [0.25, 0.3) is 5.69 Å². The SMILES string of the molecule is Cc1cc([N+](=O)[O-])cc(C)c1S(=O)(=O)N1CCNCC1. The average Bonchev–Trinajstić information content (AvgIpc) is 2.38. The summed E-state index contributed by atoms with van der Waals surface area (Å²) in [5.41, 5.74) is 0.740. The first-order valence-electron chi connectivity index (χ1n) is 6.30. The lowest BCUT2D eigenvalue weighted by atomic mass is 10.1. The van der Waals surface area contributed by atoms with E-state index in [4.69, 9.17) is 0 Å². The molecule has 0 bridgehead atoms. The molecule has 1 aliphatic rings. The highest BCUT2D eigenvalue weighted by molar-refractivity contribution is 7.89. The van der Waals surface area contributed by atoms with Crippen molar-refractivity contribution in [2.24, 2.45) is 0 Å². The van der Waals surface area contributed by atoms with Crippen molar-refractivity contribution in [1.82, 2.24) is 9.62 Å². The normalized spacial score (nSPS) is 17.1. The van der Waals surface area contributed by atoms with Gasteiger partial charge in [-0.05, 0) is 25.0 Å². The van der Waals surface area contributed by atoms with Gasteiger partial charge in [0, 0.05) is 38.3 Å². The molecular weight excluding hydrogens is 282 g/mol. The molecule has 0 radical (unpaired) electrons. The van der Waals surface area contributed by atoms with Gasteiger partial charge in [0.15, 0.2) is 0 Å². The lowest BCUT2D eigenvalue weighted by Crippen LogP contribution is -2.46. The van der Waals surface area contributed by atoms with Crippen molar-refractivity contribution in [2.45, 2.75) is 18.7 Å². The Bertz CT molecular complexity index is 613. The Hall–Kier alpha value is -1.51. The second kappa shape index (κ2) is 5.47. The van der Waals surface area contributed by atoms with Crippen LogP contribution in [0.15, 0.2) is 17.0 Å². The molecule has 0 saturated carbocycles. The number of hydrogen-bond donors (Lipinski definition) is 1. The first-order valence-corrected chi connectivity index (χ1v) is 7.74. The smallest absolute Gasteiger partial charge is 0.270 e. The topological polar surface area (TPSA) is 92.5 Å². The quantitative estimate of drug-likeness (QED) is 0.658. The van der Waals surface area contributed by atoms with E-state index >= 15 is 0 Å². The number of benzene rings is 1. The Kier molecular flexibility index (Phi) is 4.07. The predicted octanol–water partition coefficient (Wildman–Crippen LogP) is 0.806. The van der Waals surface area contributed by atoms with E-state index in [1.165, 1.54) is 16.4 Å². The monoisotopic (exact) mass is 299 g/mol. The molecule has 0 aliphatic carbocycles. The van der Waals surface area contributed by atoms with E-state index in [1.54, 1.807) is 13.8 Å². The minimum Gasteiger partial charge on any atom is -0.314 e. The summed E-state index contributed by atoms with van der Waals surface area (Å²) in [4.78, 5) is 10.5. The third-order valence-electron chi connectivity index (χ3n) is 3.33. The summed E-state index contributed by atoms with van der Waals surface area (Å²) in [7, 11) is -3.60. The minimum absolute atomic E-state index is 0.0840. The van der Waals surface area contributed by atoms with E-state index in [9.17, 15) is 18.5 Å². The molecule has 1 aromatic carbocycles. The second-order valence-corrected chi connectivity index (χ2v) is 6.69. The van der Waals surface area contributed by atoms with Gasteiger partial charge >= 0.3 is 0 Å². The van der Waals surface area contributed by atoms with Crippen LogP contribution in [-0.4, -0.2) is 43.8 Å². The molecule has 1 saturated heterocycles. The molecule has 1 aliphatic heterocycles. The number of hydrogen-bond acceptors (Lipinski definition) is 5. The van der Waals surface area contributed by atoms with Crippen LogP contribution in [-0.2, 0) is 10.0 Å². The maximum absolute atomic E-state index is 12.6. The summed E-state index contributed by atoms with van der Waals surface area (Å²) < 4.78 is 26.7. The number of rotatable bonds is 3. The zero-order chi connectivity index (χ0) is 14.9. The van der Waals surface area contributed by atoms with Gasteiger partial charge in [-0.25, -0.2) is 8.42 Å². The van der Waals surface area contributed by atoms with Crippen LogP contribution in [0.2, 0.25) is 0 Å². The zero-order valence-electron chi connectivity index (χ0n) is 11.4. The van der Waals surface area contributed by atoms with Crippen LogP contribution in [0.1, 0.15) is 11.1 Å². The number of sulfonamides is 1. The standard InChI is InChI=1S/C12H17N3O4S/c1-9-7-11(15(16)17)8-10(2)12(9)20(18,19)14-5-3-13-4-6-14/h7-8,13H,3-6H2,1-2H3. The van der Waals surface area contributed by atoms with Gasteiger partial charge in [-0.2, -0.15) is 4.31 Å². The van der Waals surface area contributed by atoms with Crippen LogP contribution < -0.4 is 5.32 Å². The summed E-state index contributed by atoms with van der Waals surface area (Å²) in [6.07, 6.45) is 0. The first kappa shape index (κ1) is 14.9. The Morgan fingerprint density at radius 3 is 2.15 bits per heavy atom. The number of nitro benzene ring substituents is 1. The van der Waals surface area contributed by atoms with Crippen LogP contribution in [0.25, 0.3) is 0 Å². The summed E-state index contributed by atoms with van der Waals surface area (Å²) in [6, 6.07) is 2.62. The molecule has 1 N–H and O–H groups in total. The molecule has 1 aromatic rings.